The molecule has 1 saturated carbocycles. The molecular formula is C16H20N2O2. The highest BCUT2D eigenvalue weighted by Crippen LogP contribution is 2.47. The maximum absolute atomic E-state index is 8.81. The Morgan fingerprint density at radius 2 is 1.95 bits per heavy atom. The first-order chi connectivity index (χ1) is 9.85. The van der Waals surface area contributed by atoms with E-state index in [1.165, 1.54) is 12.0 Å². The molecule has 1 fully saturated rings. The van der Waals surface area contributed by atoms with Gasteiger partial charge >= 0.3 is 0 Å². The predicted molar refractivity (Wildman–Crippen MR) is 75.4 cm³/mol. The number of aromatic nitrogens is 2. The van der Waals surface area contributed by atoms with E-state index in [0.717, 1.165) is 37.9 Å². The second-order valence-electron chi connectivity index (χ2n) is 5.49. The van der Waals surface area contributed by atoms with Gasteiger partial charge < -0.3 is 9.63 Å². The Hall–Kier alpha value is -1.68. The van der Waals surface area contributed by atoms with Gasteiger partial charge in [-0.3, -0.25) is 0 Å². The molecule has 0 atom stereocenters. The van der Waals surface area contributed by atoms with Crippen LogP contribution >= 0.6 is 0 Å². The molecule has 3 rings (SSSR count). The van der Waals surface area contributed by atoms with E-state index in [9.17, 15) is 0 Å². The molecule has 0 unspecified atom stereocenters. The van der Waals surface area contributed by atoms with Crippen molar-refractivity contribution in [1.82, 2.24) is 10.1 Å². The molecule has 0 radical (unpaired) electrons. The number of nitrogens with zero attached hydrogens (tertiary/aromatic N) is 2. The number of hydrogen-bond acceptors (Lipinski definition) is 4. The molecule has 1 aromatic heterocycles. The standard InChI is InChI=1S/C16H20N2O2/c19-12-5-4-9-14-17-15(18-20-14)16(10-6-11-16)13-7-2-1-3-8-13/h1-3,7-8,19H,4-6,9-12H2. The molecule has 1 aliphatic rings. The summed E-state index contributed by atoms with van der Waals surface area (Å²) >= 11 is 0. The van der Waals surface area contributed by atoms with E-state index in [1.54, 1.807) is 0 Å². The number of aliphatic hydroxyl groups excluding tert-OH is 1. The van der Waals surface area contributed by atoms with Crippen LogP contribution in [0.2, 0.25) is 0 Å². The fourth-order valence-corrected chi connectivity index (χ4v) is 2.87. The van der Waals surface area contributed by atoms with Gasteiger partial charge in [0, 0.05) is 13.0 Å². The van der Waals surface area contributed by atoms with Crippen LogP contribution in [-0.4, -0.2) is 21.9 Å². The van der Waals surface area contributed by atoms with Crippen LogP contribution in [0.3, 0.4) is 0 Å². The van der Waals surface area contributed by atoms with Gasteiger partial charge in [-0.25, -0.2) is 0 Å². The minimum atomic E-state index is -0.0417. The molecule has 1 aromatic carbocycles. The molecule has 0 aliphatic heterocycles. The van der Waals surface area contributed by atoms with E-state index in [0.29, 0.717) is 5.89 Å². The number of aryl methyl sites for hydroxylation is 1. The van der Waals surface area contributed by atoms with Crippen LogP contribution < -0.4 is 0 Å². The van der Waals surface area contributed by atoms with Gasteiger partial charge in [0.1, 0.15) is 0 Å². The van der Waals surface area contributed by atoms with Crippen molar-refractivity contribution in [2.45, 2.75) is 43.9 Å². The first-order valence-electron chi connectivity index (χ1n) is 7.35. The Labute approximate surface area is 118 Å². The smallest absolute Gasteiger partial charge is 0.226 e. The topological polar surface area (TPSA) is 59.2 Å². The molecule has 0 saturated heterocycles. The summed E-state index contributed by atoms with van der Waals surface area (Å²) in [6.07, 6.45) is 5.80. The van der Waals surface area contributed by atoms with Crippen LogP contribution in [0.1, 0.15) is 49.4 Å². The molecule has 1 N–H and O–H groups in total. The monoisotopic (exact) mass is 272 g/mol. The van der Waals surface area contributed by atoms with Crippen LogP contribution in [0.4, 0.5) is 0 Å². The van der Waals surface area contributed by atoms with E-state index in [-0.39, 0.29) is 12.0 Å². The van der Waals surface area contributed by atoms with Gasteiger partial charge in [0.05, 0.1) is 5.41 Å². The molecule has 1 aliphatic carbocycles. The molecule has 4 nitrogen and oxygen atoms in total. The highest BCUT2D eigenvalue weighted by Gasteiger charge is 2.44. The summed E-state index contributed by atoms with van der Waals surface area (Å²) in [6.45, 7) is 0.217. The van der Waals surface area contributed by atoms with Crippen LogP contribution in [0, 0.1) is 0 Å². The molecule has 1 heterocycles. The van der Waals surface area contributed by atoms with Crippen molar-refractivity contribution < 1.29 is 9.63 Å². The summed E-state index contributed by atoms with van der Waals surface area (Å²) in [6, 6.07) is 10.5. The van der Waals surface area contributed by atoms with E-state index < -0.39 is 0 Å². The molecule has 0 bridgehead atoms. The maximum atomic E-state index is 8.81. The number of unbranched alkanes of at least 4 members (excludes halogenated alkanes) is 1. The fraction of sp³-hybridized carbons (Fsp3) is 0.500. The van der Waals surface area contributed by atoms with Gasteiger partial charge in [-0.15, -0.1) is 0 Å². The SMILES string of the molecule is OCCCCc1nc(C2(c3ccccc3)CCC2)no1. The van der Waals surface area contributed by atoms with Crippen LogP contribution in [0.15, 0.2) is 34.9 Å². The minimum absolute atomic E-state index is 0.0417. The summed E-state index contributed by atoms with van der Waals surface area (Å²) in [4.78, 5) is 4.59. The van der Waals surface area contributed by atoms with Crippen molar-refractivity contribution in [2.24, 2.45) is 0 Å². The lowest BCUT2D eigenvalue weighted by Crippen LogP contribution is -2.36. The third-order valence-corrected chi connectivity index (χ3v) is 4.23. The van der Waals surface area contributed by atoms with Crippen LogP contribution in [-0.2, 0) is 11.8 Å². The summed E-state index contributed by atoms with van der Waals surface area (Å²) < 4.78 is 5.37. The third-order valence-electron chi connectivity index (χ3n) is 4.23. The van der Waals surface area contributed by atoms with Crippen molar-refractivity contribution in [3.05, 3.63) is 47.6 Å². The lowest BCUT2D eigenvalue weighted by molar-refractivity contribution is 0.269. The highest BCUT2D eigenvalue weighted by molar-refractivity contribution is 5.35. The van der Waals surface area contributed by atoms with Crippen molar-refractivity contribution in [2.75, 3.05) is 6.61 Å². The maximum Gasteiger partial charge on any atom is 0.226 e. The van der Waals surface area contributed by atoms with Crippen LogP contribution in [0.25, 0.3) is 0 Å². The zero-order chi connectivity index (χ0) is 13.8. The van der Waals surface area contributed by atoms with Crippen molar-refractivity contribution in [3.8, 4) is 0 Å². The van der Waals surface area contributed by atoms with Crippen molar-refractivity contribution >= 4 is 0 Å². The Morgan fingerprint density at radius 3 is 2.60 bits per heavy atom. The fourth-order valence-electron chi connectivity index (χ4n) is 2.87. The summed E-state index contributed by atoms with van der Waals surface area (Å²) in [7, 11) is 0. The van der Waals surface area contributed by atoms with Gasteiger partial charge in [-0.1, -0.05) is 41.9 Å². The molecule has 106 valence electrons. The van der Waals surface area contributed by atoms with E-state index in [4.69, 9.17) is 9.63 Å². The molecule has 0 amide bonds. The van der Waals surface area contributed by atoms with Gasteiger partial charge in [0.25, 0.3) is 0 Å². The zero-order valence-electron chi connectivity index (χ0n) is 11.6. The molecule has 2 aromatic rings. The van der Waals surface area contributed by atoms with Gasteiger partial charge in [-0.2, -0.15) is 4.98 Å². The summed E-state index contributed by atoms with van der Waals surface area (Å²) in [5.74, 6) is 1.52. The summed E-state index contributed by atoms with van der Waals surface area (Å²) in [5.41, 5.74) is 1.24. The predicted octanol–water partition coefficient (Wildman–Crippen LogP) is 2.85. The Balaban J connectivity index is 1.80. The van der Waals surface area contributed by atoms with Gasteiger partial charge in [0.15, 0.2) is 5.82 Å². The Bertz CT molecular complexity index is 547. The van der Waals surface area contributed by atoms with E-state index in [1.807, 2.05) is 6.07 Å². The molecule has 4 heteroatoms. The molecule has 20 heavy (non-hydrogen) atoms. The quantitative estimate of drug-likeness (QED) is 0.821. The molecule has 0 spiro atoms. The highest BCUT2D eigenvalue weighted by atomic mass is 16.5. The van der Waals surface area contributed by atoms with E-state index in [2.05, 4.69) is 34.4 Å². The van der Waals surface area contributed by atoms with Gasteiger partial charge in [0.2, 0.25) is 5.89 Å². The summed E-state index contributed by atoms with van der Waals surface area (Å²) in [5, 5.41) is 13.0. The second kappa shape index (κ2) is 5.75. The third kappa shape index (κ3) is 2.36. The first-order valence-corrected chi connectivity index (χ1v) is 7.35. The largest absolute Gasteiger partial charge is 0.396 e. The average Bonchev–Trinajstić information content (AvgIpc) is 2.88. The van der Waals surface area contributed by atoms with Crippen molar-refractivity contribution in [1.29, 1.82) is 0 Å². The number of benzene rings is 1. The number of hydrogen-bond donors (Lipinski definition) is 1. The Kier molecular flexibility index (Phi) is 3.83. The zero-order valence-corrected chi connectivity index (χ0v) is 11.6. The van der Waals surface area contributed by atoms with Crippen LogP contribution in [0.5, 0.6) is 0 Å². The lowest BCUT2D eigenvalue weighted by atomic mass is 9.64. The van der Waals surface area contributed by atoms with Gasteiger partial charge in [-0.05, 0) is 31.2 Å². The average molecular weight is 272 g/mol. The normalized spacial score (nSPS) is 16.9. The lowest BCUT2D eigenvalue weighted by Gasteiger charge is -2.39. The number of aliphatic hydroxyl groups is 1. The Morgan fingerprint density at radius 1 is 1.15 bits per heavy atom. The minimum Gasteiger partial charge on any atom is -0.396 e. The second-order valence-corrected chi connectivity index (χ2v) is 5.49. The first kappa shape index (κ1) is 13.3. The number of rotatable bonds is 6. The molecular weight excluding hydrogens is 252 g/mol. The van der Waals surface area contributed by atoms with Crippen molar-refractivity contribution in [3.63, 3.8) is 0 Å². The van der Waals surface area contributed by atoms with E-state index >= 15 is 0 Å².